The molecule has 1 fully saturated rings. The molecule has 30 heavy (non-hydrogen) atoms. The molecule has 1 aliphatic rings. The van der Waals surface area contributed by atoms with Gasteiger partial charge in [-0.3, -0.25) is 9.59 Å². The van der Waals surface area contributed by atoms with Gasteiger partial charge in [0, 0.05) is 24.7 Å². The lowest BCUT2D eigenvalue weighted by molar-refractivity contribution is -0.121. The van der Waals surface area contributed by atoms with Crippen molar-refractivity contribution in [3.05, 3.63) is 65.5 Å². The fourth-order valence-electron chi connectivity index (χ4n) is 3.74. The van der Waals surface area contributed by atoms with Crippen molar-refractivity contribution >= 4 is 17.5 Å². The van der Waals surface area contributed by atoms with Crippen molar-refractivity contribution in [2.24, 2.45) is 5.92 Å². The minimum absolute atomic E-state index is 0.00955. The Morgan fingerprint density at radius 2 is 1.73 bits per heavy atom. The van der Waals surface area contributed by atoms with Crippen LogP contribution < -0.4 is 5.32 Å². The Hall–Kier alpha value is -3.48. The standard InChI is InChI=1S/C23H24N4O3/c1-15-4-3-5-19(14-15)17-6-8-20(9-7-17)24-22(28)18-10-12-27(13-11-18)23(29)21-16(2)25-30-26-21/h3-9,14,18H,10-13H2,1-2H3,(H,24,28). The van der Waals surface area contributed by atoms with Crippen molar-refractivity contribution in [1.82, 2.24) is 15.2 Å². The molecular weight excluding hydrogens is 380 g/mol. The van der Waals surface area contributed by atoms with Crippen LogP contribution in [0.1, 0.15) is 34.6 Å². The van der Waals surface area contributed by atoms with Crippen molar-refractivity contribution in [1.29, 1.82) is 0 Å². The molecule has 0 radical (unpaired) electrons. The Morgan fingerprint density at radius 1 is 1.00 bits per heavy atom. The smallest absolute Gasteiger partial charge is 0.278 e. The van der Waals surface area contributed by atoms with Gasteiger partial charge in [-0.1, -0.05) is 47.1 Å². The lowest BCUT2D eigenvalue weighted by Crippen LogP contribution is -2.41. The number of likely N-dealkylation sites (tertiary alicyclic amines) is 1. The van der Waals surface area contributed by atoms with E-state index in [9.17, 15) is 9.59 Å². The Labute approximate surface area is 175 Å². The second-order valence-electron chi connectivity index (χ2n) is 7.70. The third-order valence-corrected chi connectivity index (χ3v) is 5.51. The number of aryl methyl sites for hydroxylation is 2. The lowest BCUT2D eigenvalue weighted by atomic mass is 9.95. The zero-order valence-electron chi connectivity index (χ0n) is 17.1. The number of benzene rings is 2. The highest BCUT2D eigenvalue weighted by molar-refractivity contribution is 5.94. The minimum Gasteiger partial charge on any atom is -0.337 e. The highest BCUT2D eigenvalue weighted by Gasteiger charge is 2.30. The molecular formula is C23H24N4O3. The molecule has 7 nitrogen and oxygen atoms in total. The minimum atomic E-state index is -0.195. The number of hydrogen-bond donors (Lipinski definition) is 1. The van der Waals surface area contributed by atoms with E-state index in [0.717, 1.165) is 16.8 Å². The van der Waals surface area contributed by atoms with Crippen molar-refractivity contribution < 1.29 is 14.2 Å². The fraction of sp³-hybridized carbons (Fsp3) is 0.304. The third kappa shape index (κ3) is 4.25. The molecule has 1 aliphatic heterocycles. The van der Waals surface area contributed by atoms with Crippen molar-refractivity contribution in [2.45, 2.75) is 26.7 Å². The van der Waals surface area contributed by atoms with Crippen molar-refractivity contribution in [3.63, 3.8) is 0 Å². The molecule has 0 spiro atoms. The number of anilines is 1. The summed E-state index contributed by atoms with van der Waals surface area (Å²) in [5, 5.41) is 10.3. The predicted molar refractivity (Wildman–Crippen MR) is 113 cm³/mol. The van der Waals surface area contributed by atoms with Crippen LogP contribution in [0, 0.1) is 19.8 Å². The molecule has 154 valence electrons. The largest absolute Gasteiger partial charge is 0.337 e. The van der Waals surface area contributed by atoms with Gasteiger partial charge in [0.15, 0.2) is 5.69 Å². The maximum atomic E-state index is 12.7. The van der Waals surface area contributed by atoms with Gasteiger partial charge >= 0.3 is 0 Å². The van der Waals surface area contributed by atoms with Crippen LogP contribution in [-0.4, -0.2) is 40.1 Å². The first-order chi connectivity index (χ1) is 14.5. The summed E-state index contributed by atoms with van der Waals surface area (Å²) in [6.45, 7) is 4.78. The molecule has 0 atom stereocenters. The average molecular weight is 404 g/mol. The van der Waals surface area contributed by atoms with Gasteiger partial charge in [0.25, 0.3) is 5.91 Å². The first kappa shape index (κ1) is 19.8. The number of nitrogens with zero attached hydrogens (tertiary/aromatic N) is 3. The highest BCUT2D eigenvalue weighted by Crippen LogP contribution is 2.24. The number of amides is 2. The molecule has 0 unspecified atom stereocenters. The molecule has 1 aromatic heterocycles. The molecule has 2 heterocycles. The number of carbonyl (C=O) groups excluding carboxylic acids is 2. The molecule has 2 amide bonds. The molecule has 2 aromatic carbocycles. The summed E-state index contributed by atoms with van der Waals surface area (Å²) in [5.74, 6) is -0.328. The van der Waals surface area contributed by atoms with Gasteiger partial charge in [0.1, 0.15) is 5.69 Å². The number of piperidine rings is 1. The predicted octanol–water partition coefficient (Wildman–Crippen LogP) is 3.84. The summed E-state index contributed by atoms with van der Waals surface area (Å²) in [7, 11) is 0. The summed E-state index contributed by atoms with van der Waals surface area (Å²) in [6, 6.07) is 16.2. The summed E-state index contributed by atoms with van der Waals surface area (Å²) >= 11 is 0. The first-order valence-electron chi connectivity index (χ1n) is 10.1. The van der Waals surface area contributed by atoms with E-state index in [0.29, 0.717) is 31.6 Å². The van der Waals surface area contributed by atoms with Gasteiger partial charge in [0.05, 0.1) is 0 Å². The molecule has 1 saturated heterocycles. The quantitative estimate of drug-likeness (QED) is 0.714. The number of nitrogens with one attached hydrogen (secondary N) is 1. The number of carbonyl (C=O) groups is 2. The average Bonchev–Trinajstić information content (AvgIpc) is 3.19. The Balaban J connectivity index is 1.33. The zero-order chi connectivity index (χ0) is 21.1. The van der Waals surface area contributed by atoms with E-state index in [1.807, 2.05) is 30.3 Å². The summed E-state index contributed by atoms with van der Waals surface area (Å²) in [5.41, 5.74) is 4.98. The fourth-order valence-corrected chi connectivity index (χ4v) is 3.74. The second-order valence-corrected chi connectivity index (χ2v) is 7.70. The Kier molecular flexibility index (Phi) is 5.61. The molecule has 1 N–H and O–H groups in total. The summed E-state index contributed by atoms with van der Waals surface area (Å²) in [6.07, 6.45) is 1.23. The van der Waals surface area contributed by atoms with E-state index in [1.54, 1.807) is 11.8 Å². The topological polar surface area (TPSA) is 88.3 Å². The van der Waals surface area contributed by atoms with Crippen LogP contribution in [0.25, 0.3) is 11.1 Å². The van der Waals surface area contributed by atoms with Crippen LogP contribution in [0.15, 0.2) is 53.2 Å². The van der Waals surface area contributed by atoms with E-state index >= 15 is 0 Å². The van der Waals surface area contributed by atoms with Gasteiger partial charge < -0.3 is 10.2 Å². The van der Waals surface area contributed by atoms with E-state index in [2.05, 4.69) is 45.4 Å². The van der Waals surface area contributed by atoms with Gasteiger partial charge in [-0.05, 0) is 55.1 Å². The maximum absolute atomic E-state index is 12.7. The molecule has 3 aromatic rings. The van der Waals surface area contributed by atoms with Crippen LogP contribution in [-0.2, 0) is 4.79 Å². The maximum Gasteiger partial charge on any atom is 0.278 e. The monoisotopic (exact) mass is 404 g/mol. The summed E-state index contributed by atoms with van der Waals surface area (Å²) in [4.78, 5) is 26.9. The Bertz CT molecular complexity index is 1050. The van der Waals surface area contributed by atoms with Gasteiger partial charge in [-0.2, -0.15) is 0 Å². The van der Waals surface area contributed by atoms with E-state index in [-0.39, 0.29) is 23.4 Å². The Morgan fingerprint density at radius 3 is 2.37 bits per heavy atom. The number of hydrogen-bond acceptors (Lipinski definition) is 5. The van der Waals surface area contributed by atoms with Crippen LogP contribution in [0.3, 0.4) is 0 Å². The SMILES string of the molecule is Cc1cccc(-c2ccc(NC(=O)C3CCN(C(=O)c4nonc4C)CC3)cc2)c1. The number of rotatable bonds is 4. The van der Waals surface area contributed by atoms with E-state index < -0.39 is 0 Å². The van der Waals surface area contributed by atoms with Crippen molar-refractivity contribution in [3.8, 4) is 11.1 Å². The van der Waals surface area contributed by atoms with Gasteiger partial charge in [-0.15, -0.1) is 0 Å². The zero-order valence-corrected chi connectivity index (χ0v) is 17.1. The van der Waals surface area contributed by atoms with Crippen LogP contribution in [0.4, 0.5) is 5.69 Å². The van der Waals surface area contributed by atoms with Crippen molar-refractivity contribution in [2.75, 3.05) is 18.4 Å². The highest BCUT2D eigenvalue weighted by atomic mass is 16.6. The molecule has 0 aliphatic carbocycles. The molecule has 4 rings (SSSR count). The van der Waals surface area contributed by atoms with E-state index in [4.69, 9.17) is 0 Å². The molecule has 0 bridgehead atoms. The second kappa shape index (κ2) is 8.49. The third-order valence-electron chi connectivity index (χ3n) is 5.51. The normalized spacial score (nSPS) is 14.5. The van der Waals surface area contributed by atoms with E-state index in [1.165, 1.54) is 5.56 Å². The van der Waals surface area contributed by atoms with Gasteiger partial charge in [0.2, 0.25) is 5.91 Å². The molecule has 0 saturated carbocycles. The number of aromatic nitrogens is 2. The van der Waals surface area contributed by atoms with Crippen LogP contribution in [0.2, 0.25) is 0 Å². The van der Waals surface area contributed by atoms with Gasteiger partial charge in [-0.25, -0.2) is 4.63 Å². The van der Waals surface area contributed by atoms with Crippen LogP contribution >= 0.6 is 0 Å². The first-order valence-corrected chi connectivity index (χ1v) is 10.1. The lowest BCUT2D eigenvalue weighted by Gasteiger charge is -2.30. The molecule has 7 heteroatoms. The van der Waals surface area contributed by atoms with Crippen LogP contribution in [0.5, 0.6) is 0 Å². The summed E-state index contributed by atoms with van der Waals surface area (Å²) < 4.78 is 4.61.